The van der Waals surface area contributed by atoms with Crippen LogP contribution in [-0.4, -0.2) is 45.9 Å². The van der Waals surface area contributed by atoms with E-state index in [-0.39, 0.29) is 12.6 Å². The average molecular weight is 334 g/mol. The van der Waals surface area contributed by atoms with Gasteiger partial charge in [-0.25, -0.2) is 13.1 Å². The average Bonchev–Trinajstić information content (AvgIpc) is 3.13. The van der Waals surface area contributed by atoms with E-state index in [1.165, 1.54) is 9.87 Å². The van der Waals surface area contributed by atoms with Gasteiger partial charge < -0.3 is 5.11 Å². The summed E-state index contributed by atoms with van der Waals surface area (Å²) in [7, 11) is -3.44. The number of aromatic nitrogens is 3. The number of aryl methyl sites for hydroxylation is 2. The molecule has 1 fully saturated rings. The Labute approximate surface area is 134 Å². The van der Waals surface area contributed by atoms with Crippen molar-refractivity contribution < 1.29 is 13.5 Å². The van der Waals surface area contributed by atoms with Crippen molar-refractivity contribution in [2.45, 2.75) is 36.8 Å². The number of sulfonamides is 1. The van der Waals surface area contributed by atoms with Crippen LogP contribution in [0.25, 0.3) is 0 Å². The standard InChI is InChI=1S/C15H18N4O3S/c20-10-13-7-19(17-16-13)14-8-18(9-14)23(21,22)15-5-4-11-2-1-3-12(11)6-15/h4-7,14,20H,1-3,8-10H2. The highest BCUT2D eigenvalue weighted by Crippen LogP contribution is 2.30. The molecular weight excluding hydrogens is 316 g/mol. The minimum Gasteiger partial charge on any atom is -0.390 e. The van der Waals surface area contributed by atoms with Gasteiger partial charge in [-0.05, 0) is 42.5 Å². The molecule has 1 saturated heterocycles. The molecule has 2 heterocycles. The van der Waals surface area contributed by atoms with Gasteiger partial charge >= 0.3 is 0 Å². The maximum Gasteiger partial charge on any atom is 0.243 e. The summed E-state index contributed by atoms with van der Waals surface area (Å²) >= 11 is 0. The van der Waals surface area contributed by atoms with Gasteiger partial charge in [0.15, 0.2) is 0 Å². The van der Waals surface area contributed by atoms with Crippen LogP contribution in [0.2, 0.25) is 0 Å². The van der Waals surface area contributed by atoms with Crippen LogP contribution >= 0.6 is 0 Å². The fourth-order valence-corrected chi connectivity index (χ4v) is 4.77. The van der Waals surface area contributed by atoms with E-state index in [2.05, 4.69) is 10.3 Å². The second-order valence-electron chi connectivity index (χ2n) is 6.11. The zero-order valence-electron chi connectivity index (χ0n) is 12.6. The molecule has 0 saturated carbocycles. The number of hydrogen-bond acceptors (Lipinski definition) is 5. The van der Waals surface area contributed by atoms with E-state index < -0.39 is 10.0 Å². The van der Waals surface area contributed by atoms with Crippen LogP contribution in [0.3, 0.4) is 0 Å². The third kappa shape index (κ3) is 2.46. The molecule has 8 heteroatoms. The SMILES string of the molecule is O=S(=O)(c1ccc2c(c1)CCC2)N1CC(n2cc(CO)nn2)C1. The number of hydrogen-bond donors (Lipinski definition) is 1. The van der Waals surface area contributed by atoms with Gasteiger partial charge in [-0.3, -0.25) is 0 Å². The molecule has 7 nitrogen and oxygen atoms in total. The maximum atomic E-state index is 12.7. The predicted octanol–water partition coefficient (Wildman–Crippen LogP) is 0.505. The van der Waals surface area contributed by atoms with E-state index in [9.17, 15) is 8.42 Å². The van der Waals surface area contributed by atoms with E-state index in [0.29, 0.717) is 23.7 Å². The van der Waals surface area contributed by atoms with E-state index in [1.807, 2.05) is 12.1 Å². The van der Waals surface area contributed by atoms with Crippen molar-refractivity contribution in [1.82, 2.24) is 19.3 Å². The molecule has 1 aromatic carbocycles. The van der Waals surface area contributed by atoms with Gasteiger partial charge in [-0.15, -0.1) is 5.10 Å². The van der Waals surface area contributed by atoms with Crippen LogP contribution in [0.1, 0.15) is 29.3 Å². The Morgan fingerprint density at radius 3 is 2.74 bits per heavy atom. The zero-order chi connectivity index (χ0) is 16.0. The Morgan fingerprint density at radius 2 is 2.00 bits per heavy atom. The largest absolute Gasteiger partial charge is 0.390 e. The molecule has 0 radical (unpaired) electrons. The monoisotopic (exact) mass is 334 g/mol. The van der Waals surface area contributed by atoms with Crippen molar-refractivity contribution >= 4 is 10.0 Å². The van der Waals surface area contributed by atoms with Crippen molar-refractivity contribution in [1.29, 1.82) is 0 Å². The molecule has 0 amide bonds. The number of aliphatic hydroxyl groups excluding tert-OH is 1. The Hall–Kier alpha value is -1.77. The van der Waals surface area contributed by atoms with E-state index in [1.54, 1.807) is 16.9 Å². The fraction of sp³-hybridized carbons (Fsp3) is 0.467. The Bertz CT molecular complexity index is 840. The summed E-state index contributed by atoms with van der Waals surface area (Å²) in [5.74, 6) is 0. The molecule has 2 aliphatic rings. The third-order valence-corrected chi connectivity index (χ3v) is 6.46. The van der Waals surface area contributed by atoms with Crippen LogP contribution < -0.4 is 0 Å². The van der Waals surface area contributed by atoms with Crippen LogP contribution in [0.15, 0.2) is 29.3 Å². The van der Waals surface area contributed by atoms with Gasteiger partial charge in [0, 0.05) is 13.1 Å². The lowest BCUT2D eigenvalue weighted by atomic mass is 10.1. The number of fused-ring (bicyclic) bond motifs is 1. The summed E-state index contributed by atoms with van der Waals surface area (Å²) < 4.78 is 28.5. The summed E-state index contributed by atoms with van der Waals surface area (Å²) in [6, 6.07) is 5.46. The minimum absolute atomic E-state index is 0.0213. The molecule has 0 unspecified atom stereocenters. The highest BCUT2D eigenvalue weighted by atomic mass is 32.2. The van der Waals surface area contributed by atoms with Crippen molar-refractivity contribution in [2.75, 3.05) is 13.1 Å². The lowest BCUT2D eigenvalue weighted by Crippen LogP contribution is -2.50. The summed E-state index contributed by atoms with van der Waals surface area (Å²) in [5.41, 5.74) is 2.92. The second kappa shape index (κ2) is 5.40. The Balaban J connectivity index is 1.50. The Kier molecular flexibility index (Phi) is 3.47. The zero-order valence-corrected chi connectivity index (χ0v) is 13.4. The third-order valence-electron chi connectivity index (χ3n) is 4.63. The fourth-order valence-electron chi connectivity index (χ4n) is 3.20. The van der Waals surface area contributed by atoms with Gasteiger partial charge in [0.25, 0.3) is 0 Å². The molecule has 1 aliphatic heterocycles. The lowest BCUT2D eigenvalue weighted by Gasteiger charge is -2.37. The first-order valence-corrected chi connectivity index (χ1v) is 9.15. The smallest absolute Gasteiger partial charge is 0.243 e. The molecule has 4 rings (SSSR count). The lowest BCUT2D eigenvalue weighted by molar-refractivity contribution is 0.188. The van der Waals surface area contributed by atoms with Crippen molar-refractivity contribution in [2.24, 2.45) is 0 Å². The first-order chi connectivity index (χ1) is 11.1. The summed E-state index contributed by atoms with van der Waals surface area (Å²) in [4.78, 5) is 0.381. The highest BCUT2D eigenvalue weighted by Gasteiger charge is 2.38. The second-order valence-corrected chi connectivity index (χ2v) is 8.05. The summed E-state index contributed by atoms with van der Waals surface area (Å²) in [6.45, 7) is 0.602. The molecule has 2 aromatic rings. The first-order valence-electron chi connectivity index (χ1n) is 7.71. The van der Waals surface area contributed by atoms with E-state index in [0.717, 1.165) is 24.8 Å². The topological polar surface area (TPSA) is 88.3 Å². The molecule has 1 aliphatic carbocycles. The van der Waals surface area contributed by atoms with Crippen LogP contribution in [0.5, 0.6) is 0 Å². The van der Waals surface area contributed by atoms with Crippen LogP contribution in [0.4, 0.5) is 0 Å². The van der Waals surface area contributed by atoms with E-state index in [4.69, 9.17) is 5.11 Å². The number of aliphatic hydroxyl groups is 1. The van der Waals surface area contributed by atoms with Crippen LogP contribution in [0, 0.1) is 0 Å². The number of benzene rings is 1. The van der Waals surface area contributed by atoms with Crippen molar-refractivity contribution in [3.63, 3.8) is 0 Å². The molecule has 0 bridgehead atoms. The van der Waals surface area contributed by atoms with Crippen molar-refractivity contribution in [3.05, 3.63) is 41.2 Å². The minimum atomic E-state index is -3.44. The Morgan fingerprint density at radius 1 is 1.22 bits per heavy atom. The molecule has 23 heavy (non-hydrogen) atoms. The maximum absolute atomic E-state index is 12.7. The number of nitrogens with zero attached hydrogens (tertiary/aromatic N) is 4. The normalized spacial score (nSPS) is 18.8. The quantitative estimate of drug-likeness (QED) is 0.880. The van der Waals surface area contributed by atoms with E-state index >= 15 is 0 Å². The van der Waals surface area contributed by atoms with Crippen molar-refractivity contribution in [3.8, 4) is 0 Å². The summed E-state index contributed by atoms with van der Waals surface area (Å²) in [6.07, 6.45) is 4.76. The molecule has 0 spiro atoms. The molecule has 122 valence electrons. The van der Waals surface area contributed by atoms with Crippen LogP contribution in [-0.2, 0) is 29.5 Å². The van der Waals surface area contributed by atoms with Gasteiger partial charge in [-0.2, -0.15) is 4.31 Å². The summed E-state index contributed by atoms with van der Waals surface area (Å²) in [5, 5.41) is 16.8. The molecular formula is C15H18N4O3S. The molecule has 1 aromatic heterocycles. The van der Waals surface area contributed by atoms with Gasteiger partial charge in [0.05, 0.1) is 23.7 Å². The molecule has 0 atom stereocenters. The van der Waals surface area contributed by atoms with Gasteiger partial charge in [0.1, 0.15) is 5.69 Å². The first kappa shape index (κ1) is 14.8. The highest BCUT2D eigenvalue weighted by molar-refractivity contribution is 7.89. The van der Waals surface area contributed by atoms with Gasteiger partial charge in [0.2, 0.25) is 10.0 Å². The number of rotatable bonds is 4. The molecule has 1 N–H and O–H groups in total. The van der Waals surface area contributed by atoms with Gasteiger partial charge in [-0.1, -0.05) is 11.3 Å². The predicted molar refractivity (Wildman–Crippen MR) is 82.2 cm³/mol.